The highest BCUT2D eigenvalue weighted by Gasteiger charge is 2.13. The van der Waals surface area contributed by atoms with E-state index in [1.54, 1.807) is 11.3 Å². The Bertz CT molecular complexity index is 521. The van der Waals surface area contributed by atoms with E-state index < -0.39 is 0 Å². The molecule has 0 fully saturated rings. The average molecular weight is 233 g/mol. The molecule has 4 heteroatoms. The number of rotatable bonds is 2. The smallest absolute Gasteiger partial charge is 0.231 e. The van der Waals surface area contributed by atoms with Gasteiger partial charge in [0.15, 0.2) is 11.5 Å². The Balaban J connectivity index is 1.85. The number of fused-ring (bicyclic) bond motifs is 1. The molecule has 0 aliphatic carbocycles. The maximum absolute atomic E-state index is 5.34. The summed E-state index contributed by atoms with van der Waals surface area (Å²) in [5.41, 5.74) is 2.29. The fourth-order valence-corrected chi connectivity index (χ4v) is 2.52. The van der Waals surface area contributed by atoms with Crippen molar-refractivity contribution in [2.45, 2.75) is 13.3 Å². The van der Waals surface area contributed by atoms with Gasteiger partial charge in [-0.2, -0.15) is 0 Å². The molecule has 0 saturated carbocycles. The molecule has 1 aromatic carbocycles. The van der Waals surface area contributed by atoms with E-state index >= 15 is 0 Å². The molecule has 0 amide bonds. The molecule has 1 aliphatic heterocycles. The number of benzene rings is 1. The molecule has 0 atom stereocenters. The standard InChI is InChI=1S/C12H11NO2S/c1-8-6-16-12(13-8)5-9-2-3-10-11(4-9)15-7-14-10/h2-4,6H,5,7H2,1H3. The molecule has 1 aromatic heterocycles. The summed E-state index contributed by atoms with van der Waals surface area (Å²) in [5.74, 6) is 1.67. The molecule has 2 heterocycles. The Hall–Kier alpha value is -1.55. The van der Waals surface area contributed by atoms with Crippen molar-refractivity contribution in [3.05, 3.63) is 39.8 Å². The Morgan fingerprint density at radius 3 is 3.00 bits per heavy atom. The van der Waals surface area contributed by atoms with Gasteiger partial charge in [-0.1, -0.05) is 6.07 Å². The zero-order valence-corrected chi connectivity index (χ0v) is 9.71. The Morgan fingerprint density at radius 1 is 1.31 bits per heavy atom. The summed E-state index contributed by atoms with van der Waals surface area (Å²) < 4.78 is 10.6. The predicted octanol–water partition coefficient (Wildman–Crippen LogP) is 2.77. The van der Waals surface area contributed by atoms with Crippen LogP contribution in [0.15, 0.2) is 23.6 Å². The SMILES string of the molecule is Cc1csc(Cc2ccc3c(c2)OCO3)n1. The van der Waals surface area contributed by atoms with Gasteiger partial charge >= 0.3 is 0 Å². The van der Waals surface area contributed by atoms with Crippen molar-refractivity contribution in [2.75, 3.05) is 6.79 Å². The van der Waals surface area contributed by atoms with E-state index in [9.17, 15) is 0 Å². The molecule has 0 saturated heterocycles. The fraction of sp³-hybridized carbons (Fsp3) is 0.250. The summed E-state index contributed by atoms with van der Waals surface area (Å²) >= 11 is 1.69. The van der Waals surface area contributed by atoms with Crippen molar-refractivity contribution >= 4 is 11.3 Å². The molecule has 2 aromatic rings. The van der Waals surface area contributed by atoms with Gasteiger partial charge in [0, 0.05) is 17.5 Å². The van der Waals surface area contributed by atoms with Gasteiger partial charge in [-0.15, -0.1) is 11.3 Å². The molecular formula is C12H11NO2S. The highest BCUT2D eigenvalue weighted by atomic mass is 32.1. The zero-order chi connectivity index (χ0) is 11.0. The maximum Gasteiger partial charge on any atom is 0.231 e. The largest absolute Gasteiger partial charge is 0.454 e. The maximum atomic E-state index is 5.34. The molecule has 0 N–H and O–H groups in total. The van der Waals surface area contributed by atoms with Crippen LogP contribution >= 0.6 is 11.3 Å². The van der Waals surface area contributed by atoms with Crippen molar-refractivity contribution in [1.82, 2.24) is 4.98 Å². The van der Waals surface area contributed by atoms with Crippen LogP contribution in [0.3, 0.4) is 0 Å². The van der Waals surface area contributed by atoms with Gasteiger partial charge in [-0.25, -0.2) is 4.98 Å². The predicted molar refractivity (Wildman–Crippen MR) is 62.2 cm³/mol. The van der Waals surface area contributed by atoms with Gasteiger partial charge < -0.3 is 9.47 Å². The van der Waals surface area contributed by atoms with E-state index in [-0.39, 0.29) is 0 Å². The summed E-state index contributed by atoms with van der Waals surface area (Å²) in [5, 5.41) is 3.21. The van der Waals surface area contributed by atoms with Crippen molar-refractivity contribution in [2.24, 2.45) is 0 Å². The van der Waals surface area contributed by atoms with Crippen LogP contribution in [0.25, 0.3) is 0 Å². The topological polar surface area (TPSA) is 31.4 Å². The monoisotopic (exact) mass is 233 g/mol. The van der Waals surface area contributed by atoms with Crippen LogP contribution in [0, 0.1) is 6.92 Å². The van der Waals surface area contributed by atoms with Crippen LogP contribution in [0.1, 0.15) is 16.3 Å². The molecule has 16 heavy (non-hydrogen) atoms. The molecule has 82 valence electrons. The van der Waals surface area contributed by atoms with E-state index in [0.29, 0.717) is 6.79 Å². The van der Waals surface area contributed by atoms with Gasteiger partial charge in [0.1, 0.15) is 0 Å². The normalized spacial score (nSPS) is 13.1. The quantitative estimate of drug-likeness (QED) is 0.799. The van der Waals surface area contributed by atoms with E-state index in [4.69, 9.17) is 9.47 Å². The van der Waals surface area contributed by atoms with E-state index in [0.717, 1.165) is 28.6 Å². The van der Waals surface area contributed by atoms with Gasteiger partial charge in [0.05, 0.1) is 5.01 Å². The van der Waals surface area contributed by atoms with Crippen LogP contribution in [-0.4, -0.2) is 11.8 Å². The summed E-state index contributed by atoms with van der Waals surface area (Å²) in [4.78, 5) is 4.45. The molecule has 3 rings (SSSR count). The molecule has 3 nitrogen and oxygen atoms in total. The van der Waals surface area contributed by atoms with Crippen LogP contribution in [0.2, 0.25) is 0 Å². The van der Waals surface area contributed by atoms with Crippen LogP contribution in [0.5, 0.6) is 11.5 Å². The van der Waals surface area contributed by atoms with Crippen LogP contribution < -0.4 is 9.47 Å². The molecule has 0 spiro atoms. The number of thiazole rings is 1. The van der Waals surface area contributed by atoms with E-state index in [1.165, 1.54) is 5.56 Å². The van der Waals surface area contributed by atoms with Crippen molar-refractivity contribution in [1.29, 1.82) is 0 Å². The van der Waals surface area contributed by atoms with Crippen molar-refractivity contribution in [3.8, 4) is 11.5 Å². The molecule has 0 radical (unpaired) electrons. The minimum Gasteiger partial charge on any atom is -0.454 e. The lowest BCUT2D eigenvalue weighted by Gasteiger charge is -2.00. The average Bonchev–Trinajstić information content (AvgIpc) is 2.87. The number of aryl methyl sites for hydroxylation is 1. The van der Waals surface area contributed by atoms with Crippen molar-refractivity contribution < 1.29 is 9.47 Å². The summed E-state index contributed by atoms with van der Waals surface area (Å²) in [7, 11) is 0. The molecular weight excluding hydrogens is 222 g/mol. The second kappa shape index (κ2) is 3.79. The summed E-state index contributed by atoms with van der Waals surface area (Å²) in [6.07, 6.45) is 0.856. The first-order valence-electron chi connectivity index (χ1n) is 5.11. The number of hydrogen-bond donors (Lipinski definition) is 0. The highest BCUT2D eigenvalue weighted by molar-refractivity contribution is 7.09. The number of aromatic nitrogens is 1. The second-order valence-electron chi connectivity index (χ2n) is 3.75. The van der Waals surface area contributed by atoms with Gasteiger partial charge in [-0.3, -0.25) is 0 Å². The third kappa shape index (κ3) is 1.76. The Labute approximate surface area is 97.7 Å². The molecule has 0 bridgehead atoms. The molecule has 0 unspecified atom stereocenters. The second-order valence-corrected chi connectivity index (χ2v) is 4.69. The fourth-order valence-electron chi connectivity index (χ4n) is 1.71. The first kappa shape index (κ1) is 9.66. The minimum absolute atomic E-state index is 0.329. The van der Waals surface area contributed by atoms with E-state index in [2.05, 4.69) is 16.4 Å². The van der Waals surface area contributed by atoms with Gasteiger partial charge in [-0.05, 0) is 24.6 Å². The number of nitrogens with zero attached hydrogens (tertiary/aromatic N) is 1. The van der Waals surface area contributed by atoms with Crippen LogP contribution in [-0.2, 0) is 6.42 Å². The molecule has 1 aliphatic rings. The lowest BCUT2D eigenvalue weighted by Crippen LogP contribution is -1.93. The van der Waals surface area contributed by atoms with Crippen LogP contribution in [0.4, 0.5) is 0 Å². The van der Waals surface area contributed by atoms with Crippen molar-refractivity contribution in [3.63, 3.8) is 0 Å². The zero-order valence-electron chi connectivity index (χ0n) is 8.90. The number of hydrogen-bond acceptors (Lipinski definition) is 4. The van der Waals surface area contributed by atoms with E-state index in [1.807, 2.05) is 19.1 Å². The first-order chi connectivity index (χ1) is 7.81. The van der Waals surface area contributed by atoms with Gasteiger partial charge in [0.25, 0.3) is 0 Å². The Morgan fingerprint density at radius 2 is 2.19 bits per heavy atom. The Kier molecular flexibility index (Phi) is 2.29. The van der Waals surface area contributed by atoms with Gasteiger partial charge in [0.2, 0.25) is 6.79 Å². The third-order valence-corrected chi connectivity index (χ3v) is 3.43. The first-order valence-corrected chi connectivity index (χ1v) is 5.99. The minimum atomic E-state index is 0.329. The lowest BCUT2D eigenvalue weighted by atomic mass is 10.1. The number of ether oxygens (including phenoxy) is 2. The summed E-state index contributed by atoms with van der Waals surface area (Å²) in [6, 6.07) is 6.04. The third-order valence-electron chi connectivity index (χ3n) is 2.46. The highest BCUT2D eigenvalue weighted by Crippen LogP contribution is 2.33. The summed E-state index contributed by atoms with van der Waals surface area (Å²) in [6.45, 7) is 2.34. The lowest BCUT2D eigenvalue weighted by molar-refractivity contribution is 0.174.